The molecule has 8 nitrogen and oxygen atoms in total. The molecular weight excluding hydrogens is 476 g/mol. The van der Waals surface area contributed by atoms with Crippen molar-refractivity contribution in [2.45, 2.75) is 25.7 Å². The number of pyridine rings is 2. The maximum Gasteiger partial charge on any atom is 0.240 e. The maximum absolute atomic E-state index is 12.4. The van der Waals surface area contributed by atoms with E-state index in [-0.39, 0.29) is 24.7 Å². The van der Waals surface area contributed by atoms with Gasteiger partial charge in [-0.15, -0.1) is 0 Å². The van der Waals surface area contributed by atoms with Crippen LogP contribution in [0.1, 0.15) is 47.9 Å². The molecule has 0 saturated heterocycles. The number of hydrazone groups is 2. The molecule has 4 rings (SSSR count). The molecule has 0 saturated carbocycles. The monoisotopic (exact) mass is 504 g/mol. The number of unbranched alkanes of at least 4 members (excludes halogenated alkanes) is 1. The summed E-state index contributed by atoms with van der Waals surface area (Å²) in [5.41, 5.74) is 9.89. The van der Waals surface area contributed by atoms with Crippen LogP contribution in [0.3, 0.4) is 0 Å². The van der Waals surface area contributed by atoms with Crippen LogP contribution in [-0.4, -0.2) is 33.2 Å². The van der Waals surface area contributed by atoms with E-state index >= 15 is 0 Å². The molecule has 0 aliphatic rings. The first-order valence-corrected chi connectivity index (χ1v) is 12.4. The van der Waals surface area contributed by atoms with Gasteiger partial charge in [0.1, 0.15) is 0 Å². The van der Waals surface area contributed by atoms with Crippen LogP contribution >= 0.6 is 0 Å². The molecular formula is C30H28N6O2. The van der Waals surface area contributed by atoms with Gasteiger partial charge in [-0.1, -0.05) is 60.7 Å². The first-order chi connectivity index (χ1) is 18.7. The zero-order chi connectivity index (χ0) is 26.4. The number of nitrogens with zero attached hydrogens (tertiary/aromatic N) is 4. The third-order valence-electron chi connectivity index (χ3n) is 5.61. The van der Waals surface area contributed by atoms with Crippen LogP contribution < -0.4 is 10.9 Å². The summed E-state index contributed by atoms with van der Waals surface area (Å²) in [7, 11) is 0. The highest BCUT2D eigenvalue weighted by Crippen LogP contribution is 2.11. The normalized spacial score (nSPS) is 11.6. The largest absolute Gasteiger partial charge is 0.273 e. The number of nitrogens with one attached hydrogen (secondary N) is 2. The predicted molar refractivity (Wildman–Crippen MR) is 147 cm³/mol. The van der Waals surface area contributed by atoms with E-state index in [1.807, 2.05) is 84.9 Å². The number of hydrogen-bond donors (Lipinski definition) is 2. The van der Waals surface area contributed by atoms with Crippen LogP contribution in [0.15, 0.2) is 120 Å². The third-order valence-corrected chi connectivity index (χ3v) is 5.61. The van der Waals surface area contributed by atoms with E-state index in [2.05, 4.69) is 31.0 Å². The fourth-order valence-corrected chi connectivity index (χ4v) is 3.71. The van der Waals surface area contributed by atoms with Gasteiger partial charge in [-0.3, -0.25) is 19.6 Å². The van der Waals surface area contributed by atoms with Crippen LogP contribution in [-0.2, 0) is 9.59 Å². The van der Waals surface area contributed by atoms with Gasteiger partial charge in [-0.05, 0) is 37.1 Å². The van der Waals surface area contributed by atoms with Gasteiger partial charge in [-0.2, -0.15) is 10.2 Å². The second kappa shape index (κ2) is 13.9. The summed E-state index contributed by atoms with van der Waals surface area (Å²) in [5.74, 6) is -0.438. The molecule has 0 atom stereocenters. The quantitative estimate of drug-likeness (QED) is 0.178. The fraction of sp³-hybridized carbons (Fsp3) is 0.133. The predicted octanol–water partition coefficient (Wildman–Crippen LogP) is 4.47. The Morgan fingerprint density at radius 1 is 0.553 bits per heavy atom. The topological polar surface area (TPSA) is 109 Å². The molecule has 0 spiro atoms. The maximum atomic E-state index is 12.4. The number of carbonyl (C=O) groups is 2. The lowest BCUT2D eigenvalue weighted by Gasteiger charge is -2.08. The summed E-state index contributed by atoms with van der Waals surface area (Å²) >= 11 is 0. The average molecular weight is 505 g/mol. The van der Waals surface area contributed by atoms with E-state index in [9.17, 15) is 9.59 Å². The zero-order valence-electron chi connectivity index (χ0n) is 20.8. The average Bonchev–Trinajstić information content (AvgIpc) is 2.98. The van der Waals surface area contributed by atoms with Gasteiger partial charge in [0.2, 0.25) is 11.8 Å². The van der Waals surface area contributed by atoms with E-state index in [1.165, 1.54) is 0 Å². The minimum Gasteiger partial charge on any atom is -0.273 e. The first-order valence-electron chi connectivity index (χ1n) is 12.4. The minimum absolute atomic E-state index is 0.219. The summed E-state index contributed by atoms with van der Waals surface area (Å²) < 4.78 is 0. The molecule has 4 aromatic rings. The Labute approximate surface area is 221 Å². The van der Waals surface area contributed by atoms with Crippen molar-refractivity contribution >= 4 is 23.2 Å². The number of benzene rings is 2. The van der Waals surface area contributed by atoms with Crippen molar-refractivity contribution < 1.29 is 9.59 Å². The summed E-state index contributed by atoms with van der Waals surface area (Å²) in [4.78, 5) is 33.1. The molecule has 0 aliphatic heterocycles. The van der Waals surface area contributed by atoms with E-state index < -0.39 is 0 Å². The molecule has 0 bridgehead atoms. The van der Waals surface area contributed by atoms with Crippen molar-refractivity contribution in [1.82, 2.24) is 20.8 Å². The number of aromatic nitrogens is 2. The molecule has 190 valence electrons. The van der Waals surface area contributed by atoms with Crippen LogP contribution in [0, 0.1) is 0 Å². The first kappa shape index (κ1) is 26.1. The highest BCUT2D eigenvalue weighted by molar-refractivity contribution is 6.13. The Balaban J connectivity index is 1.28. The number of rotatable bonds is 11. The standard InChI is InChI=1S/C30H28N6O2/c37-27(33-35-29(23-11-3-1-4-12-23)25-15-9-19-31-21-25)17-7-8-18-28(38)34-36-30(24-13-5-2-6-14-24)26-16-10-20-32-22-26/h1-6,9-16,19-22H,7-8,17-18H2,(H,33,37)(H,34,38)/b35-29-,36-30-. The molecule has 2 aromatic carbocycles. The third kappa shape index (κ3) is 7.76. The Kier molecular flexibility index (Phi) is 9.57. The lowest BCUT2D eigenvalue weighted by atomic mass is 10.0. The van der Waals surface area contributed by atoms with Gasteiger partial charge in [0, 0.05) is 59.9 Å². The van der Waals surface area contributed by atoms with Gasteiger partial charge in [0.15, 0.2) is 0 Å². The van der Waals surface area contributed by atoms with Crippen LogP contribution in [0.4, 0.5) is 0 Å². The van der Waals surface area contributed by atoms with Gasteiger partial charge >= 0.3 is 0 Å². The molecule has 8 heteroatoms. The van der Waals surface area contributed by atoms with Crippen molar-refractivity contribution in [3.05, 3.63) is 132 Å². The van der Waals surface area contributed by atoms with Crippen molar-refractivity contribution in [3.8, 4) is 0 Å². The Morgan fingerprint density at radius 3 is 1.32 bits per heavy atom. The van der Waals surface area contributed by atoms with Crippen molar-refractivity contribution in [1.29, 1.82) is 0 Å². The van der Waals surface area contributed by atoms with E-state index in [1.54, 1.807) is 24.8 Å². The van der Waals surface area contributed by atoms with Crippen molar-refractivity contribution in [2.75, 3.05) is 0 Å². The smallest absolute Gasteiger partial charge is 0.240 e. The lowest BCUT2D eigenvalue weighted by molar-refractivity contribution is -0.123. The minimum atomic E-state index is -0.219. The highest BCUT2D eigenvalue weighted by Gasteiger charge is 2.10. The number of hydrogen-bond acceptors (Lipinski definition) is 6. The lowest BCUT2D eigenvalue weighted by Crippen LogP contribution is -2.21. The Hall–Kier alpha value is -4.98. The molecule has 2 N–H and O–H groups in total. The molecule has 2 amide bonds. The molecule has 2 heterocycles. The second-order valence-corrected chi connectivity index (χ2v) is 8.41. The molecule has 38 heavy (non-hydrogen) atoms. The molecule has 0 unspecified atom stereocenters. The van der Waals surface area contributed by atoms with Crippen LogP contribution in [0.2, 0.25) is 0 Å². The SMILES string of the molecule is O=C(CCCCC(=O)N/N=C(/c1ccccc1)c1cccnc1)N/N=C(/c1ccccc1)c1cccnc1. The van der Waals surface area contributed by atoms with Crippen LogP contribution in [0.25, 0.3) is 0 Å². The molecule has 0 radical (unpaired) electrons. The summed E-state index contributed by atoms with van der Waals surface area (Å²) in [6.45, 7) is 0. The van der Waals surface area contributed by atoms with E-state index in [0.29, 0.717) is 24.3 Å². The van der Waals surface area contributed by atoms with Crippen LogP contribution in [0.5, 0.6) is 0 Å². The number of amides is 2. The van der Waals surface area contributed by atoms with Crippen molar-refractivity contribution in [3.63, 3.8) is 0 Å². The summed E-state index contributed by atoms with van der Waals surface area (Å²) in [5, 5.41) is 8.72. The number of carbonyl (C=O) groups excluding carboxylic acids is 2. The second-order valence-electron chi connectivity index (χ2n) is 8.41. The molecule has 2 aromatic heterocycles. The zero-order valence-corrected chi connectivity index (χ0v) is 20.8. The van der Waals surface area contributed by atoms with E-state index in [0.717, 1.165) is 22.3 Å². The Morgan fingerprint density at radius 2 is 0.947 bits per heavy atom. The van der Waals surface area contributed by atoms with E-state index in [4.69, 9.17) is 0 Å². The van der Waals surface area contributed by atoms with Gasteiger partial charge < -0.3 is 0 Å². The van der Waals surface area contributed by atoms with Gasteiger partial charge in [0.25, 0.3) is 0 Å². The fourth-order valence-electron chi connectivity index (χ4n) is 3.71. The molecule has 0 aliphatic carbocycles. The van der Waals surface area contributed by atoms with Gasteiger partial charge in [-0.25, -0.2) is 10.9 Å². The van der Waals surface area contributed by atoms with Crippen molar-refractivity contribution in [2.24, 2.45) is 10.2 Å². The summed E-state index contributed by atoms with van der Waals surface area (Å²) in [6.07, 6.45) is 8.37. The highest BCUT2D eigenvalue weighted by atomic mass is 16.2. The molecule has 0 fully saturated rings. The van der Waals surface area contributed by atoms with Gasteiger partial charge in [0.05, 0.1) is 11.4 Å². The Bertz CT molecular complexity index is 1180. The summed E-state index contributed by atoms with van der Waals surface area (Å²) in [6, 6.07) is 26.6.